The van der Waals surface area contributed by atoms with Gasteiger partial charge in [0.25, 0.3) is 5.91 Å². The number of thioether (sulfide) groups is 1. The fourth-order valence-corrected chi connectivity index (χ4v) is 4.81. The molecule has 0 saturated carbocycles. The second-order valence-corrected chi connectivity index (χ2v) is 9.56. The first kappa shape index (κ1) is 26.7. The lowest BCUT2D eigenvalue weighted by Gasteiger charge is -2.12. The molecule has 0 unspecified atom stereocenters. The van der Waals surface area contributed by atoms with Gasteiger partial charge in [-0.3, -0.25) is 9.36 Å². The van der Waals surface area contributed by atoms with Crippen molar-refractivity contribution in [3.05, 3.63) is 109 Å². The quantitative estimate of drug-likeness (QED) is 0.133. The van der Waals surface area contributed by atoms with Gasteiger partial charge in [-0.15, -0.1) is 10.2 Å². The summed E-state index contributed by atoms with van der Waals surface area (Å²) in [6.07, 6.45) is 1.62. The minimum atomic E-state index is -0.252. The number of carbonyl (C=O) groups is 1. The van der Waals surface area contributed by atoms with Gasteiger partial charge >= 0.3 is 0 Å². The average Bonchev–Trinajstić information content (AvgIpc) is 3.45. The van der Waals surface area contributed by atoms with Crippen LogP contribution in [-0.2, 0) is 4.79 Å². The van der Waals surface area contributed by atoms with Crippen LogP contribution < -0.4 is 14.9 Å². The summed E-state index contributed by atoms with van der Waals surface area (Å²) in [5.74, 6) is 1.69. The van der Waals surface area contributed by atoms with E-state index < -0.39 is 0 Å². The minimum Gasteiger partial charge on any atom is -0.493 e. The Morgan fingerprint density at radius 2 is 1.48 bits per heavy atom. The van der Waals surface area contributed by atoms with Crippen LogP contribution in [-0.4, -0.2) is 46.9 Å². The standard InChI is InChI=1S/C31H27N5O3S/c1-38-27-18-17-25(19-28(27)39-2)30-34-35-31(36(30)26-11-7-4-8-12-26)40-21-29(37)33-32-20-22-13-15-24(16-14-22)23-9-5-3-6-10-23/h3-20H,21H2,1-2H3,(H,33,37). The van der Waals surface area contributed by atoms with Crippen molar-refractivity contribution in [3.63, 3.8) is 0 Å². The monoisotopic (exact) mass is 549 g/mol. The van der Waals surface area contributed by atoms with Gasteiger partial charge in [0.2, 0.25) is 0 Å². The highest BCUT2D eigenvalue weighted by atomic mass is 32.2. The highest BCUT2D eigenvalue weighted by molar-refractivity contribution is 7.99. The van der Waals surface area contributed by atoms with E-state index in [1.54, 1.807) is 20.4 Å². The SMILES string of the molecule is COc1ccc(-c2nnc(SCC(=O)NN=Cc3ccc(-c4ccccc4)cc3)n2-c2ccccc2)cc1OC. The Kier molecular flexibility index (Phi) is 8.53. The number of ether oxygens (including phenoxy) is 2. The summed E-state index contributed by atoms with van der Waals surface area (Å²) < 4.78 is 12.8. The minimum absolute atomic E-state index is 0.112. The first-order valence-corrected chi connectivity index (χ1v) is 13.5. The Labute approximate surface area is 236 Å². The molecule has 1 N–H and O–H groups in total. The number of benzene rings is 4. The fraction of sp³-hybridized carbons (Fsp3) is 0.0968. The number of aromatic nitrogens is 3. The Morgan fingerprint density at radius 3 is 2.17 bits per heavy atom. The molecule has 0 radical (unpaired) electrons. The summed E-state index contributed by atoms with van der Waals surface area (Å²) in [7, 11) is 3.18. The van der Waals surface area contributed by atoms with Crippen molar-refractivity contribution in [2.24, 2.45) is 5.10 Å². The summed E-state index contributed by atoms with van der Waals surface area (Å²) in [5.41, 5.74) is 7.42. The highest BCUT2D eigenvalue weighted by Gasteiger charge is 2.18. The van der Waals surface area contributed by atoms with E-state index in [0.717, 1.165) is 27.9 Å². The maximum atomic E-state index is 12.6. The molecule has 0 atom stereocenters. The predicted molar refractivity (Wildman–Crippen MR) is 158 cm³/mol. The summed E-state index contributed by atoms with van der Waals surface area (Å²) in [6.45, 7) is 0. The molecule has 1 aromatic heterocycles. The first-order chi connectivity index (χ1) is 19.7. The smallest absolute Gasteiger partial charge is 0.250 e. The molecule has 4 aromatic carbocycles. The lowest BCUT2D eigenvalue weighted by molar-refractivity contribution is -0.118. The van der Waals surface area contributed by atoms with Crippen LogP contribution in [0.15, 0.2) is 113 Å². The first-order valence-electron chi connectivity index (χ1n) is 12.5. The van der Waals surface area contributed by atoms with Gasteiger partial charge in [-0.05, 0) is 47.0 Å². The van der Waals surface area contributed by atoms with Crippen molar-refractivity contribution >= 4 is 23.9 Å². The Bertz CT molecular complexity index is 1600. The van der Waals surface area contributed by atoms with Gasteiger partial charge < -0.3 is 9.47 Å². The lowest BCUT2D eigenvalue weighted by Crippen LogP contribution is -2.20. The third-order valence-electron chi connectivity index (χ3n) is 6.04. The number of carbonyl (C=O) groups excluding carboxylic acids is 1. The number of hydrogen-bond acceptors (Lipinski definition) is 7. The van der Waals surface area contributed by atoms with E-state index in [1.807, 2.05) is 95.6 Å². The Balaban J connectivity index is 1.27. The molecule has 5 rings (SSSR count). The van der Waals surface area contributed by atoms with Gasteiger partial charge in [0, 0.05) is 11.3 Å². The number of hydrogen-bond donors (Lipinski definition) is 1. The van der Waals surface area contributed by atoms with Gasteiger partial charge in [0.15, 0.2) is 22.5 Å². The van der Waals surface area contributed by atoms with Crippen LogP contribution in [0.25, 0.3) is 28.2 Å². The number of methoxy groups -OCH3 is 2. The largest absolute Gasteiger partial charge is 0.493 e. The maximum Gasteiger partial charge on any atom is 0.250 e. The number of rotatable bonds is 10. The summed E-state index contributed by atoms with van der Waals surface area (Å²) >= 11 is 1.28. The van der Waals surface area contributed by atoms with E-state index in [-0.39, 0.29) is 11.7 Å². The van der Waals surface area contributed by atoms with Crippen LogP contribution in [0.1, 0.15) is 5.56 Å². The Morgan fingerprint density at radius 1 is 0.825 bits per heavy atom. The molecular weight excluding hydrogens is 522 g/mol. The van der Waals surface area contributed by atoms with Gasteiger partial charge in [-0.1, -0.05) is 84.6 Å². The molecule has 40 heavy (non-hydrogen) atoms. The predicted octanol–water partition coefficient (Wildman–Crippen LogP) is 5.86. The second kappa shape index (κ2) is 12.8. The van der Waals surface area contributed by atoms with E-state index in [4.69, 9.17) is 9.47 Å². The zero-order valence-electron chi connectivity index (χ0n) is 22.0. The molecule has 0 fully saturated rings. The van der Waals surface area contributed by atoms with Crippen LogP contribution in [0.3, 0.4) is 0 Å². The molecule has 0 aliphatic carbocycles. The van der Waals surface area contributed by atoms with Crippen LogP contribution in [0, 0.1) is 0 Å². The maximum absolute atomic E-state index is 12.6. The number of amides is 1. The molecule has 200 valence electrons. The van der Waals surface area contributed by atoms with Gasteiger partial charge in [-0.25, -0.2) is 5.43 Å². The van der Waals surface area contributed by atoms with Crippen molar-refractivity contribution in [3.8, 4) is 39.7 Å². The molecule has 5 aromatic rings. The fourth-order valence-electron chi connectivity index (χ4n) is 4.07. The molecule has 0 saturated heterocycles. The summed E-state index contributed by atoms with van der Waals surface area (Å²) in [6, 6.07) is 33.5. The van der Waals surface area contributed by atoms with Crippen molar-refractivity contribution in [1.82, 2.24) is 20.2 Å². The molecule has 0 spiro atoms. The lowest BCUT2D eigenvalue weighted by atomic mass is 10.0. The zero-order chi connectivity index (χ0) is 27.7. The molecule has 0 aliphatic heterocycles. The summed E-state index contributed by atoms with van der Waals surface area (Å²) in [4.78, 5) is 12.6. The molecule has 1 amide bonds. The molecule has 1 heterocycles. The van der Waals surface area contributed by atoms with Crippen LogP contribution in [0.4, 0.5) is 0 Å². The van der Waals surface area contributed by atoms with E-state index >= 15 is 0 Å². The van der Waals surface area contributed by atoms with Crippen molar-refractivity contribution in [2.45, 2.75) is 5.16 Å². The third-order valence-corrected chi connectivity index (χ3v) is 6.97. The Hall–Kier alpha value is -4.89. The second-order valence-electron chi connectivity index (χ2n) is 8.62. The normalized spacial score (nSPS) is 10.9. The van der Waals surface area contributed by atoms with E-state index in [9.17, 15) is 4.79 Å². The van der Waals surface area contributed by atoms with E-state index in [2.05, 4.69) is 32.9 Å². The van der Waals surface area contributed by atoms with Crippen molar-refractivity contribution < 1.29 is 14.3 Å². The summed E-state index contributed by atoms with van der Waals surface area (Å²) in [5, 5.41) is 13.5. The molecule has 0 bridgehead atoms. The van der Waals surface area contributed by atoms with Crippen molar-refractivity contribution in [2.75, 3.05) is 20.0 Å². The number of para-hydroxylation sites is 1. The van der Waals surface area contributed by atoms with Gasteiger partial charge in [0.05, 0.1) is 26.2 Å². The van der Waals surface area contributed by atoms with Crippen LogP contribution >= 0.6 is 11.8 Å². The molecular formula is C31H27N5O3S. The van der Waals surface area contributed by atoms with E-state index in [0.29, 0.717) is 22.5 Å². The highest BCUT2D eigenvalue weighted by Crippen LogP contribution is 2.34. The molecule has 8 nitrogen and oxygen atoms in total. The number of nitrogens with zero attached hydrogens (tertiary/aromatic N) is 4. The zero-order valence-corrected chi connectivity index (χ0v) is 22.8. The van der Waals surface area contributed by atoms with Gasteiger partial charge in [0.1, 0.15) is 0 Å². The van der Waals surface area contributed by atoms with Crippen LogP contribution in [0.5, 0.6) is 11.5 Å². The van der Waals surface area contributed by atoms with Gasteiger partial charge in [-0.2, -0.15) is 5.10 Å². The number of hydrazone groups is 1. The third kappa shape index (κ3) is 6.22. The van der Waals surface area contributed by atoms with Crippen molar-refractivity contribution in [1.29, 1.82) is 0 Å². The molecule has 9 heteroatoms. The number of nitrogens with one attached hydrogen (secondary N) is 1. The molecule has 0 aliphatic rings. The van der Waals surface area contributed by atoms with Crippen LogP contribution in [0.2, 0.25) is 0 Å². The topological polar surface area (TPSA) is 90.6 Å². The average molecular weight is 550 g/mol. The van der Waals surface area contributed by atoms with E-state index in [1.165, 1.54) is 11.8 Å².